The van der Waals surface area contributed by atoms with Gasteiger partial charge in [-0.3, -0.25) is 24.0 Å². The summed E-state index contributed by atoms with van der Waals surface area (Å²) in [4.78, 5) is 69.2. The number of nitrogens with zero attached hydrogens (tertiary/aromatic N) is 3. The molecule has 0 bridgehead atoms. The van der Waals surface area contributed by atoms with Crippen LogP contribution in [0.25, 0.3) is 0 Å². The van der Waals surface area contributed by atoms with Crippen molar-refractivity contribution in [2.75, 3.05) is 32.7 Å². The number of nitrogens with one attached hydrogen (secondary N) is 2. The van der Waals surface area contributed by atoms with E-state index in [0.717, 1.165) is 19.3 Å². The van der Waals surface area contributed by atoms with Gasteiger partial charge in [-0.2, -0.15) is 13.2 Å². The van der Waals surface area contributed by atoms with Crippen molar-refractivity contribution in [2.45, 2.75) is 90.7 Å². The number of carbonyl (C=O) groups is 5. The molecule has 3 heterocycles. The SMILES string of the molecule is CC(C)(C)[C@H](NC(=O)C(F)(F)F)C(=O)N1C[C@H]2[C@@H]([C@H]1C(=O)N[C@@H](CN1CCCCC1=O)C(O)C(=O)N1CCC1)C2(C)C. The average molecular weight is 602 g/mol. The largest absolute Gasteiger partial charge is 0.471 e. The molecule has 0 aromatic carbocycles. The molecule has 0 aromatic heterocycles. The first-order valence-corrected chi connectivity index (χ1v) is 14.6. The Morgan fingerprint density at radius 3 is 2.17 bits per heavy atom. The van der Waals surface area contributed by atoms with Crippen LogP contribution in [0.4, 0.5) is 13.2 Å². The van der Waals surface area contributed by atoms with Gasteiger partial charge in [-0.1, -0.05) is 34.6 Å². The molecule has 11 nitrogen and oxygen atoms in total. The number of rotatable bonds is 8. The van der Waals surface area contributed by atoms with Crippen LogP contribution < -0.4 is 10.6 Å². The summed E-state index contributed by atoms with van der Waals surface area (Å²) in [6.45, 7) is 9.78. The van der Waals surface area contributed by atoms with Crippen LogP contribution in [0.3, 0.4) is 0 Å². The number of amides is 5. The Labute approximate surface area is 243 Å². The molecule has 14 heteroatoms. The lowest BCUT2D eigenvalue weighted by Gasteiger charge is -2.39. The maximum absolute atomic E-state index is 13.9. The minimum absolute atomic E-state index is 0.101. The smallest absolute Gasteiger partial charge is 0.381 e. The number of likely N-dealkylation sites (tertiary alicyclic amines) is 3. The summed E-state index contributed by atoms with van der Waals surface area (Å²) in [5, 5.41) is 15.6. The third kappa shape index (κ3) is 6.23. The van der Waals surface area contributed by atoms with Crippen molar-refractivity contribution >= 4 is 29.5 Å². The summed E-state index contributed by atoms with van der Waals surface area (Å²) in [7, 11) is 0. The molecule has 3 N–H and O–H groups in total. The highest BCUT2D eigenvalue weighted by Gasteiger charge is 2.70. The highest BCUT2D eigenvalue weighted by molar-refractivity contribution is 5.95. The molecule has 4 aliphatic rings. The number of aliphatic hydroxyl groups is 1. The molecule has 3 saturated heterocycles. The normalized spacial score (nSPS) is 27.4. The maximum atomic E-state index is 13.9. The first-order valence-electron chi connectivity index (χ1n) is 14.6. The van der Waals surface area contributed by atoms with Crippen LogP contribution in [0.2, 0.25) is 0 Å². The Hall–Kier alpha value is -2.90. The number of alkyl halides is 3. The predicted octanol–water partition coefficient (Wildman–Crippen LogP) is 0.653. The van der Waals surface area contributed by atoms with Crippen molar-refractivity contribution in [2.24, 2.45) is 22.7 Å². The molecule has 4 fully saturated rings. The summed E-state index contributed by atoms with van der Waals surface area (Å²) >= 11 is 0. The van der Waals surface area contributed by atoms with Gasteiger partial charge in [0.2, 0.25) is 17.7 Å². The highest BCUT2D eigenvalue weighted by Crippen LogP contribution is 2.65. The third-order valence-corrected chi connectivity index (χ3v) is 9.37. The Bertz CT molecular complexity index is 1120. The van der Waals surface area contributed by atoms with Gasteiger partial charge in [0.25, 0.3) is 5.91 Å². The van der Waals surface area contributed by atoms with Crippen LogP contribution >= 0.6 is 0 Å². The number of halogens is 3. The lowest BCUT2D eigenvalue weighted by Crippen LogP contribution is -2.63. The monoisotopic (exact) mass is 601 g/mol. The van der Waals surface area contributed by atoms with E-state index in [2.05, 4.69) is 5.32 Å². The maximum Gasteiger partial charge on any atom is 0.471 e. The lowest BCUT2D eigenvalue weighted by atomic mass is 9.85. The second-order valence-electron chi connectivity index (χ2n) is 13.7. The molecular weight excluding hydrogens is 559 g/mol. The molecule has 1 saturated carbocycles. The molecule has 0 aromatic rings. The van der Waals surface area contributed by atoms with E-state index < -0.39 is 59.4 Å². The Morgan fingerprint density at radius 2 is 1.64 bits per heavy atom. The van der Waals surface area contributed by atoms with Gasteiger partial charge in [-0.05, 0) is 41.9 Å². The fourth-order valence-corrected chi connectivity index (χ4v) is 6.52. The molecule has 6 atom stereocenters. The van der Waals surface area contributed by atoms with Crippen LogP contribution in [-0.4, -0.2) is 112 Å². The predicted molar refractivity (Wildman–Crippen MR) is 143 cm³/mol. The standard InChI is InChI=1S/C28H42F3N5O6/c1-26(2,3)21(33-25(42)28(29,30)31)24(41)36-13-15-18(27(15,4)5)19(36)22(39)32-16(14-35-10-7-6-9-17(35)37)20(38)23(40)34-11-8-12-34/h15-16,18-21,38H,6-14H2,1-5H3,(H,32,39)(H,33,42)/t15-,16-,18-,19-,20?,21+/m0/s1. The minimum Gasteiger partial charge on any atom is -0.381 e. The zero-order valence-electron chi connectivity index (χ0n) is 24.8. The van der Waals surface area contributed by atoms with Gasteiger partial charge in [0.05, 0.1) is 6.04 Å². The van der Waals surface area contributed by atoms with Crippen molar-refractivity contribution in [1.82, 2.24) is 25.3 Å². The molecule has 3 aliphatic heterocycles. The quantitative estimate of drug-likeness (QED) is 0.374. The van der Waals surface area contributed by atoms with Crippen molar-refractivity contribution in [3.05, 3.63) is 0 Å². The molecule has 0 radical (unpaired) electrons. The van der Waals surface area contributed by atoms with Crippen LogP contribution in [0, 0.1) is 22.7 Å². The fraction of sp³-hybridized carbons (Fsp3) is 0.821. The Kier molecular flexibility index (Phi) is 8.62. The van der Waals surface area contributed by atoms with Crippen molar-refractivity contribution < 1.29 is 42.3 Å². The van der Waals surface area contributed by atoms with Crippen molar-refractivity contribution in [3.63, 3.8) is 0 Å². The number of fused-ring (bicyclic) bond motifs is 1. The van der Waals surface area contributed by atoms with Crippen LogP contribution in [-0.2, 0) is 24.0 Å². The van der Waals surface area contributed by atoms with Crippen LogP contribution in [0.15, 0.2) is 0 Å². The van der Waals surface area contributed by atoms with E-state index in [1.165, 1.54) is 35.5 Å². The van der Waals surface area contributed by atoms with Crippen molar-refractivity contribution in [1.29, 1.82) is 0 Å². The van der Waals surface area contributed by atoms with E-state index in [9.17, 15) is 42.3 Å². The third-order valence-electron chi connectivity index (χ3n) is 9.37. The van der Waals surface area contributed by atoms with E-state index in [1.54, 1.807) is 0 Å². The molecule has 236 valence electrons. The van der Waals surface area contributed by atoms with Crippen LogP contribution in [0.5, 0.6) is 0 Å². The number of aliphatic hydroxyl groups excluding tert-OH is 1. The van der Waals surface area contributed by atoms with Gasteiger partial charge >= 0.3 is 12.1 Å². The average Bonchev–Trinajstić information content (AvgIpc) is 3.18. The Morgan fingerprint density at radius 1 is 1.00 bits per heavy atom. The molecular formula is C28H42F3N5O6. The number of piperidine rings is 2. The molecule has 42 heavy (non-hydrogen) atoms. The highest BCUT2D eigenvalue weighted by atomic mass is 19.4. The van der Waals surface area contributed by atoms with Gasteiger partial charge in [0.15, 0.2) is 6.10 Å². The van der Waals surface area contributed by atoms with E-state index in [4.69, 9.17) is 0 Å². The summed E-state index contributed by atoms with van der Waals surface area (Å²) in [6, 6.07) is -3.83. The summed E-state index contributed by atoms with van der Waals surface area (Å²) in [5.74, 6) is -4.88. The van der Waals surface area contributed by atoms with E-state index in [0.29, 0.717) is 26.1 Å². The van der Waals surface area contributed by atoms with E-state index in [-0.39, 0.29) is 36.2 Å². The summed E-state index contributed by atoms with van der Waals surface area (Å²) in [6.07, 6.45) is -4.27. The molecule has 4 rings (SSSR count). The van der Waals surface area contributed by atoms with Gasteiger partial charge in [0, 0.05) is 39.1 Å². The van der Waals surface area contributed by atoms with Gasteiger partial charge in [0.1, 0.15) is 12.1 Å². The van der Waals surface area contributed by atoms with Gasteiger partial charge < -0.3 is 30.4 Å². The second-order valence-corrected chi connectivity index (χ2v) is 13.7. The zero-order valence-corrected chi connectivity index (χ0v) is 24.8. The van der Waals surface area contributed by atoms with Crippen LogP contribution in [0.1, 0.15) is 60.3 Å². The Balaban J connectivity index is 1.59. The number of hydrogen-bond donors (Lipinski definition) is 3. The summed E-state index contributed by atoms with van der Waals surface area (Å²) in [5.41, 5.74) is -1.45. The minimum atomic E-state index is -5.20. The van der Waals surface area contributed by atoms with Gasteiger partial charge in [-0.25, -0.2) is 0 Å². The summed E-state index contributed by atoms with van der Waals surface area (Å²) < 4.78 is 39.4. The van der Waals surface area contributed by atoms with E-state index >= 15 is 0 Å². The molecule has 0 spiro atoms. The first-order chi connectivity index (χ1) is 19.4. The number of hydrogen-bond acceptors (Lipinski definition) is 6. The van der Waals surface area contributed by atoms with Gasteiger partial charge in [-0.15, -0.1) is 0 Å². The first kappa shape index (κ1) is 32.0. The second kappa shape index (κ2) is 11.3. The molecule has 5 amide bonds. The van der Waals surface area contributed by atoms with Crippen molar-refractivity contribution in [3.8, 4) is 0 Å². The molecule has 1 unspecified atom stereocenters. The topological polar surface area (TPSA) is 139 Å². The molecule has 1 aliphatic carbocycles. The zero-order chi connectivity index (χ0) is 31.4. The number of carbonyl (C=O) groups excluding carboxylic acids is 5. The van der Waals surface area contributed by atoms with E-state index in [1.807, 2.05) is 19.2 Å². The fourth-order valence-electron chi connectivity index (χ4n) is 6.52. The lowest BCUT2D eigenvalue weighted by molar-refractivity contribution is -0.176.